The van der Waals surface area contributed by atoms with Gasteiger partial charge in [0.1, 0.15) is 0 Å². The first-order chi connectivity index (χ1) is 12.2. The van der Waals surface area contributed by atoms with Crippen LogP contribution in [0.3, 0.4) is 0 Å². The number of hydrogen-bond acceptors (Lipinski definition) is 4. The molecule has 0 N–H and O–H groups in total. The molecule has 25 heavy (non-hydrogen) atoms. The van der Waals surface area contributed by atoms with Crippen LogP contribution in [0.15, 0.2) is 36.9 Å². The number of aryl methyl sites for hydroxylation is 1. The Balaban J connectivity index is 1.31. The molecule has 0 aromatic carbocycles. The molecule has 4 rings (SSSR count). The smallest absolute Gasteiger partial charge is 0.226 e. The number of pyridine rings is 1. The number of amides is 1. The highest BCUT2D eigenvalue weighted by atomic mass is 16.2. The molecule has 1 saturated carbocycles. The molecule has 2 aliphatic rings. The minimum absolute atomic E-state index is 0.161. The van der Waals surface area contributed by atoms with E-state index in [1.165, 1.54) is 11.1 Å². The number of aromatic nitrogens is 3. The zero-order valence-electron chi connectivity index (χ0n) is 14.7. The van der Waals surface area contributed by atoms with Gasteiger partial charge in [0.25, 0.3) is 0 Å². The van der Waals surface area contributed by atoms with Crippen LogP contribution in [-0.2, 0) is 18.4 Å². The van der Waals surface area contributed by atoms with E-state index in [0.29, 0.717) is 11.8 Å². The second kappa shape index (κ2) is 6.96. The van der Waals surface area contributed by atoms with Crippen LogP contribution >= 0.6 is 0 Å². The van der Waals surface area contributed by atoms with Crippen molar-refractivity contribution in [1.82, 2.24) is 24.6 Å². The predicted octanol–water partition coefficient (Wildman–Crippen LogP) is 1.65. The van der Waals surface area contributed by atoms with E-state index in [9.17, 15) is 4.79 Å². The largest absolute Gasteiger partial charge is 0.341 e. The molecule has 0 radical (unpaired) electrons. The lowest BCUT2D eigenvalue weighted by Gasteiger charge is -2.22. The van der Waals surface area contributed by atoms with Gasteiger partial charge in [-0.25, -0.2) is 0 Å². The van der Waals surface area contributed by atoms with E-state index in [-0.39, 0.29) is 5.92 Å². The number of hydrogen-bond donors (Lipinski definition) is 0. The van der Waals surface area contributed by atoms with Crippen molar-refractivity contribution in [3.63, 3.8) is 0 Å². The molecule has 1 saturated heterocycles. The van der Waals surface area contributed by atoms with Crippen LogP contribution in [0.2, 0.25) is 0 Å². The van der Waals surface area contributed by atoms with E-state index in [1.807, 2.05) is 30.2 Å². The molecule has 0 spiro atoms. The molecule has 2 aromatic heterocycles. The summed E-state index contributed by atoms with van der Waals surface area (Å²) < 4.78 is 1.84. The predicted molar refractivity (Wildman–Crippen MR) is 94.8 cm³/mol. The molecular formula is C19H25N5O. The van der Waals surface area contributed by atoms with Gasteiger partial charge in [-0.1, -0.05) is 6.07 Å². The van der Waals surface area contributed by atoms with Crippen LogP contribution < -0.4 is 0 Å². The van der Waals surface area contributed by atoms with Crippen molar-refractivity contribution in [3.8, 4) is 0 Å². The lowest BCUT2D eigenvalue weighted by molar-refractivity contribution is -0.132. The zero-order chi connectivity index (χ0) is 17.2. The van der Waals surface area contributed by atoms with Crippen molar-refractivity contribution in [2.45, 2.75) is 25.3 Å². The fraction of sp³-hybridized carbons (Fsp3) is 0.526. The Bertz CT molecular complexity index is 728. The fourth-order valence-electron chi connectivity index (χ4n) is 3.83. The molecule has 6 heteroatoms. The van der Waals surface area contributed by atoms with Gasteiger partial charge in [0.15, 0.2) is 0 Å². The molecule has 1 aliphatic carbocycles. The Morgan fingerprint density at radius 2 is 2.16 bits per heavy atom. The van der Waals surface area contributed by atoms with Crippen molar-refractivity contribution < 1.29 is 4.79 Å². The van der Waals surface area contributed by atoms with Crippen LogP contribution in [0.1, 0.15) is 29.9 Å². The molecule has 3 heterocycles. The summed E-state index contributed by atoms with van der Waals surface area (Å²) >= 11 is 0. The van der Waals surface area contributed by atoms with Gasteiger partial charge in [0, 0.05) is 69.8 Å². The second-order valence-electron chi connectivity index (χ2n) is 7.21. The van der Waals surface area contributed by atoms with Gasteiger partial charge < -0.3 is 4.90 Å². The summed E-state index contributed by atoms with van der Waals surface area (Å²) in [5, 5.41) is 4.24. The highest BCUT2D eigenvalue weighted by Crippen LogP contribution is 2.48. The Kier molecular flexibility index (Phi) is 4.53. The average molecular weight is 339 g/mol. The van der Waals surface area contributed by atoms with Gasteiger partial charge in [-0.2, -0.15) is 5.10 Å². The molecule has 0 bridgehead atoms. The van der Waals surface area contributed by atoms with Crippen LogP contribution in [0, 0.1) is 5.92 Å². The molecule has 2 aromatic rings. The molecule has 1 aliphatic heterocycles. The fourth-order valence-corrected chi connectivity index (χ4v) is 3.83. The van der Waals surface area contributed by atoms with Gasteiger partial charge in [0.05, 0.1) is 6.20 Å². The minimum Gasteiger partial charge on any atom is -0.341 e. The lowest BCUT2D eigenvalue weighted by atomic mass is 10.1. The third-order valence-corrected chi connectivity index (χ3v) is 5.28. The first-order valence-electron chi connectivity index (χ1n) is 9.09. The quantitative estimate of drug-likeness (QED) is 0.850. The van der Waals surface area contributed by atoms with Crippen LogP contribution in [0.25, 0.3) is 0 Å². The van der Waals surface area contributed by atoms with Crippen molar-refractivity contribution in [1.29, 1.82) is 0 Å². The summed E-state index contributed by atoms with van der Waals surface area (Å²) in [6.45, 7) is 4.59. The molecule has 0 unspecified atom stereocenters. The third-order valence-electron chi connectivity index (χ3n) is 5.28. The summed E-state index contributed by atoms with van der Waals surface area (Å²) in [6.07, 6.45) is 9.69. The van der Waals surface area contributed by atoms with E-state index in [1.54, 1.807) is 6.20 Å². The Hall–Kier alpha value is -2.21. The molecule has 1 amide bonds. The summed E-state index contributed by atoms with van der Waals surface area (Å²) in [5.74, 6) is 0.863. The summed E-state index contributed by atoms with van der Waals surface area (Å²) in [5.41, 5.74) is 2.44. The molecule has 2 fully saturated rings. The van der Waals surface area contributed by atoms with Gasteiger partial charge >= 0.3 is 0 Å². The van der Waals surface area contributed by atoms with Crippen molar-refractivity contribution >= 4 is 5.91 Å². The normalized spacial score (nSPS) is 24.1. The van der Waals surface area contributed by atoms with E-state index >= 15 is 0 Å². The standard InChI is InChI=1S/C19H25N5O/c1-22-13-15(11-21-22)14-23-6-3-7-24(9-8-23)19(25)18-10-17(18)16-4-2-5-20-12-16/h2,4-5,11-13,17-18H,3,6-10,14H2,1H3/t17-,18-/m1/s1. The number of carbonyl (C=O) groups excluding carboxylic acids is 1. The minimum atomic E-state index is 0.161. The number of nitrogens with zero attached hydrogens (tertiary/aromatic N) is 5. The Morgan fingerprint density at radius 3 is 2.92 bits per heavy atom. The average Bonchev–Trinajstić information content (AvgIpc) is 3.37. The Morgan fingerprint density at radius 1 is 1.24 bits per heavy atom. The van der Waals surface area contributed by atoms with Crippen LogP contribution in [0.4, 0.5) is 0 Å². The maximum atomic E-state index is 12.8. The van der Waals surface area contributed by atoms with Crippen molar-refractivity contribution in [2.24, 2.45) is 13.0 Å². The summed E-state index contributed by atoms with van der Waals surface area (Å²) in [7, 11) is 1.95. The van der Waals surface area contributed by atoms with Crippen LogP contribution in [0.5, 0.6) is 0 Å². The van der Waals surface area contributed by atoms with Crippen molar-refractivity contribution in [3.05, 3.63) is 48.0 Å². The lowest BCUT2D eigenvalue weighted by Crippen LogP contribution is -2.36. The van der Waals surface area contributed by atoms with E-state index < -0.39 is 0 Å². The highest BCUT2D eigenvalue weighted by molar-refractivity contribution is 5.83. The van der Waals surface area contributed by atoms with Gasteiger partial charge in [-0.3, -0.25) is 19.4 Å². The zero-order valence-corrected chi connectivity index (χ0v) is 14.7. The highest BCUT2D eigenvalue weighted by Gasteiger charge is 2.45. The van der Waals surface area contributed by atoms with Gasteiger partial charge in [-0.05, 0) is 30.4 Å². The Labute approximate surface area is 148 Å². The summed E-state index contributed by atoms with van der Waals surface area (Å²) in [4.78, 5) is 21.5. The summed E-state index contributed by atoms with van der Waals surface area (Å²) in [6, 6.07) is 4.04. The first kappa shape index (κ1) is 16.3. The van der Waals surface area contributed by atoms with Crippen molar-refractivity contribution in [2.75, 3.05) is 26.2 Å². The van der Waals surface area contributed by atoms with Crippen LogP contribution in [-0.4, -0.2) is 56.7 Å². The second-order valence-corrected chi connectivity index (χ2v) is 7.21. The molecular weight excluding hydrogens is 314 g/mol. The van der Waals surface area contributed by atoms with Gasteiger partial charge in [0.2, 0.25) is 5.91 Å². The van der Waals surface area contributed by atoms with E-state index in [0.717, 1.165) is 45.6 Å². The monoisotopic (exact) mass is 339 g/mol. The van der Waals surface area contributed by atoms with Gasteiger partial charge in [-0.15, -0.1) is 0 Å². The topological polar surface area (TPSA) is 54.3 Å². The maximum Gasteiger partial charge on any atom is 0.226 e. The molecule has 2 atom stereocenters. The van der Waals surface area contributed by atoms with E-state index in [4.69, 9.17) is 0 Å². The number of carbonyl (C=O) groups is 1. The third kappa shape index (κ3) is 3.74. The first-order valence-corrected chi connectivity index (χ1v) is 9.09. The van der Waals surface area contributed by atoms with E-state index in [2.05, 4.69) is 32.1 Å². The maximum absolute atomic E-state index is 12.8. The molecule has 6 nitrogen and oxygen atoms in total. The SMILES string of the molecule is Cn1cc(CN2CCCN(C(=O)[C@@H]3C[C@@H]3c3cccnc3)CC2)cn1. The molecule has 132 valence electrons. The number of rotatable bonds is 4.